The van der Waals surface area contributed by atoms with Crippen LogP contribution >= 0.6 is 0 Å². The van der Waals surface area contributed by atoms with Gasteiger partial charge in [0.1, 0.15) is 11.4 Å². The van der Waals surface area contributed by atoms with Crippen molar-refractivity contribution in [1.29, 1.82) is 0 Å². The number of benzene rings is 3. The SMILES string of the molecule is C[N+](C)(C)c1ccc(-c2cccc(-c3ccc([N+](C)(C)C)cc3)c2)cc1.[I-].[I-]. The smallest absolute Gasteiger partial charge is 0.132 e. The van der Waals surface area contributed by atoms with E-state index in [1.54, 1.807) is 0 Å². The molecule has 3 rings (SSSR count). The third-order valence-corrected chi connectivity index (χ3v) is 4.81. The molecule has 0 saturated heterocycles. The van der Waals surface area contributed by atoms with E-state index < -0.39 is 0 Å². The molecule has 0 radical (unpaired) electrons. The van der Waals surface area contributed by atoms with E-state index in [-0.39, 0.29) is 48.0 Å². The van der Waals surface area contributed by atoms with Gasteiger partial charge in [-0.25, -0.2) is 0 Å². The molecule has 2 nitrogen and oxygen atoms in total. The number of hydrogen-bond acceptors (Lipinski definition) is 0. The number of quaternary nitrogens is 2. The highest BCUT2D eigenvalue weighted by molar-refractivity contribution is 5.74. The van der Waals surface area contributed by atoms with Gasteiger partial charge < -0.3 is 48.0 Å². The number of nitrogens with zero attached hydrogens (tertiary/aromatic N) is 2. The zero-order valence-electron chi connectivity index (χ0n) is 17.6. The average molecular weight is 600 g/mol. The molecule has 3 aromatic rings. The van der Waals surface area contributed by atoms with Gasteiger partial charge in [-0.05, 0) is 76.9 Å². The summed E-state index contributed by atoms with van der Waals surface area (Å²) in [7, 11) is 13.1. The fourth-order valence-electron chi connectivity index (χ4n) is 3.08. The van der Waals surface area contributed by atoms with Crippen molar-refractivity contribution in [3.63, 3.8) is 0 Å². The maximum Gasteiger partial charge on any atom is 0.132 e. The molecule has 0 bridgehead atoms. The van der Waals surface area contributed by atoms with Gasteiger partial charge in [-0.15, -0.1) is 0 Å². The molecule has 28 heavy (non-hydrogen) atoms. The van der Waals surface area contributed by atoms with Crippen LogP contribution in [0.25, 0.3) is 22.3 Å². The molecule has 0 amide bonds. The van der Waals surface area contributed by atoms with Crippen LogP contribution in [-0.2, 0) is 0 Å². The summed E-state index contributed by atoms with van der Waals surface area (Å²) in [5.41, 5.74) is 7.64. The molecule has 0 fully saturated rings. The lowest BCUT2D eigenvalue weighted by Crippen LogP contribution is -3.00. The van der Waals surface area contributed by atoms with Crippen molar-refractivity contribution in [3.05, 3.63) is 72.8 Å². The first-order valence-electron chi connectivity index (χ1n) is 9.09. The number of hydrogen-bond donors (Lipinski definition) is 0. The van der Waals surface area contributed by atoms with E-state index >= 15 is 0 Å². The Morgan fingerprint density at radius 3 is 1.04 bits per heavy atom. The van der Waals surface area contributed by atoms with Crippen molar-refractivity contribution < 1.29 is 48.0 Å². The summed E-state index contributed by atoms with van der Waals surface area (Å²) in [6, 6.07) is 26.6. The Balaban J connectivity index is 0.00000196. The van der Waals surface area contributed by atoms with Crippen molar-refractivity contribution in [2.45, 2.75) is 0 Å². The van der Waals surface area contributed by atoms with E-state index in [1.165, 1.54) is 33.6 Å². The molecule has 0 N–H and O–H groups in total. The second-order valence-electron chi connectivity index (χ2n) is 8.70. The van der Waals surface area contributed by atoms with Gasteiger partial charge in [0.2, 0.25) is 0 Å². The summed E-state index contributed by atoms with van der Waals surface area (Å²) in [6.07, 6.45) is 0. The summed E-state index contributed by atoms with van der Waals surface area (Å²) < 4.78 is 1.66. The summed E-state index contributed by atoms with van der Waals surface area (Å²) in [6.45, 7) is 0. The Morgan fingerprint density at radius 1 is 0.429 bits per heavy atom. The van der Waals surface area contributed by atoms with Gasteiger partial charge in [0.25, 0.3) is 0 Å². The molecule has 4 heteroatoms. The standard InChI is InChI=1S/C24H30N2.2HI/c1-25(2,3)23-14-10-19(11-15-23)21-8-7-9-22(18-21)20-12-16-24(17-13-20)26(4,5)6;;/h7-18H,1-6H3;2*1H/q+2;;/p-2. The average Bonchev–Trinajstić information content (AvgIpc) is 2.61. The summed E-state index contributed by atoms with van der Waals surface area (Å²) >= 11 is 0. The molecule has 0 spiro atoms. The van der Waals surface area contributed by atoms with Gasteiger partial charge in [-0.1, -0.05) is 18.2 Å². The lowest BCUT2D eigenvalue weighted by atomic mass is 9.98. The van der Waals surface area contributed by atoms with Crippen molar-refractivity contribution >= 4 is 11.4 Å². The van der Waals surface area contributed by atoms with Crippen LogP contribution in [0.4, 0.5) is 11.4 Å². The second kappa shape index (κ2) is 9.69. The molecular formula is C24H30I2N2. The Morgan fingerprint density at radius 2 is 0.750 bits per heavy atom. The molecule has 0 aromatic heterocycles. The summed E-state index contributed by atoms with van der Waals surface area (Å²) in [4.78, 5) is 0. The Bertz CT molecular complexity index is 815. The normalized spacial score (nSPS) is 11.4. The van der Waals surface area contributed by atoms with Gasteiger partial charge in [0.05, 0.1) is 42.3 Å². The minimum absolute atomic E-state index is 0. The second-order valence-corrected chi connectivity index (χ2v) is 8.70. The van der Waals surface area contributed by atoms with Crippen LogP contribution < -0.4 is 56.9 Å². The van der Waals surface area contributed by atoms with E-state index in [4.69, 9.17) is 0 Å². The molecule has 0 aliphatic carbocycles. The quantitative estimate of drug-likeness (QED) is 0.278. The predicted octanol–water partition coefficient (Wildman–Crippen LogP) is -0.578. The van der Waals surface area contributed by atoms with E-state index in [9.17, 15) is 0 Å². The van der Waals surface area contributed by atoms with Crippen LogP contribution in [0.2, 0.25) is 0 Å². The largest absolute Gasteiger partial charge is 1.00 e. The van der Waals surface area contributed by atoms with Crippen molar-refractivity contribution in [3.8, 4) is 22.3 Å². The van der Waals surface area contributed by atoms with Crippen molar-refractivity contribution in [1.82, 2.24) is 8.97 Å². The number of halogens is 2. The fraction of sp³-hybridized carbons (Fsp3) is 0.250. The van der Waals surface area contributed by atoms with Gasteiger partial charge in [0.15, 0.2) is 0 Å². The van der Waals surface area contributed by atoms with E-state index in [2.05, 4.69) is 115 Å². The molecule has 0 unspecified atom stereocenters. The van der Waals surface area contributed by atoms with Gasteiger partial charge in [-0.3, -0.25) is 8.97 Å². The molecular weight excluding hydrogens is 570 g/mol. The molecule has 3 aromatic carbocycles. The molecule has 0 aliphatic heterocycles. The monoisotopic (exact) mass is 600 g/mol. The van der Waals surface area contributed by atoms with Crippen LogP contribution in [0.15, 0.2) is 72.8 Å². The Labute approximate surface area is 204 Å². The minimum Gasteiger partial charge on any atom is -1.00 e. The van der Waals surface area contributed by atoms with Gasteiger partial charge in [-0.2, -0.15) is 0 Å². The molecule has 150 valence electrons. The minimum atomic E-state index is 0. The van der Waals surface area contributed by atoms with Crippen LogP contribution in [0.3, 0.4) is 0 Å². The summed E-state index contributed by atoms with van der Waals surface area (Å²) in [5.74, 6) is 0. The zero-order valence-corrected chi connectivity index (χ0v) is 21.9. The highest BCUT2D eigenvalue weighted by Crippen LogP contribution is 2.29. The van der Waals surface area contributed by atoms with E-state index in [0.717, 1.165) is 8.97 Å². The fourth-order valence-corrected chi connectivity index (χ4v) is 3.08. The Hall–Kier alpha value is -0.960. The maximum atomic E-state index is 2.28. The first-order chi connectivity index (χ1) is 12.1. The van der Waals surface area contributed by atoms with Crippen LogP contribution in [0.5, 0.6) is 0 Å². The zero-order chi connectivity index (χ0) is 18.9. The van der Waals surface area contributed by atoms with Gasteiger partial charge in [0, 0.05) is 0 Å². The molecule has 0 atom stereocenters. The third-order valence-electron chi connectivity index (χ3n) is 4.81. The molecule has 0 aliphatic rings. The van der Waals surface area contributed by atoms with Crippen LogP contribution in [-0.4, -0.2) is 42.3 Å². The summed E-state index contributed by atoms with van der Waals surface area (Å²) in [5, 5.41) is 0. The predicted molar refractivity (Wildman–Crippen MR) is 116 cm³/mol. The lowest BCUT2D eigenvalue weighted by molar-refractivity contribution is -0.00100. The first-order valence-corrected chi connectivity index (χ1v) is 9.09. The van der Waals surface area contributed by atoms with Gasteiger partial charge >= 0.3 is 0 Å². The highest BCUT2D eigenvalue weighted by Gasteiger charge is 2.13. The van der Waals surface area contributed by atoms with Crippen molar-refractivity contribution in [2.24, 2.45) is 0 Å². The molecule has 0 saturated carbocycles. The number of rotatable bonds is 4. The lowest BCUT2D eigenvalue weighted by Gasteiger charge is -2.23. The van der Waals surface area contributed by atoms with E-state index in [1.807, 2.05) is 0 Å². The first kappa shape index (κ1) is 25.1. The van der Waals surface area contributed by atoms with E-state index in [0.29, 0.717) is 0 Å². The van der Waals surface area contributed by atoms with Crippen LogP contribution in [0.1, 0.15) is 0 Å². The highest BCUT2D eigenvalue weighted by atomic mass is 127. The van der Waals surface area contributed by atoms with Crippen molar-refractivity contribution in [2.75, 3.05) is 42.3 Å². The maximum absolute atomic E-state index is 2.28. The topological polar surface area (TPSA) is 0 Å². The van der Waals surface area contributed by atoms with Crippen LogP contribution in [0, 0.1) is 0 Å². The molecule has 0 heterocycles. The third kappa shape index (κ3) is 6.02. The Kier molecular flexibility index (Phi) is 8.68.